The van der Waals surface area contributed by atoms with E-state index in [1.165, 1.54) is 34.2 Å². The van der Waals surface area contributed by atoms with E-state index < -0.39 is 0 Å². The maximum Gasteiger partial charge on any atom is 2.00 e. The Morgan fingerprint density at radius 2 is 1.48 bits per heavy atom. The van der Waals surface area contributed by atoms with Gasteiger partial charge in [0, 0.05) is 5.92 Å². The van der Waals surface area contributed by atoms with Crippen LogP contribution in [0.25, 0.3) is 11.0 Å². The van der Waals surface area contributed by atoms with Gasteiger partial charge < -0.3 is 24.0 Å². The molecule has 0 unspecified atom stereocenters. The van der Waals surface area contributed by atoms with Gasteiger partial charge in [0.05, 0.1) is 13.1 Å². The van der Waals surface area contributed by atoms with E-state index in [4.69, 9.17) is 0 Å². The molecule has 4 rings (SSSR count). The number of benzene rings is 1. The summed E-state index contributed by atoms with van der Waals surface area (Å²) in [5, 5.41) is 0. The van der Waals surface area contributed by atoms with Crippen molar-refractivity contribution in [2.24, 2.45) is 0 Å². The van der Waals surface area contributed by atoms with Crippen molar-refractivity contribution in [2.45, 2.75) is 25.9 Å². The first kappa shape index (κ1) is 25.7. The van der Waals surface area contributed by atoms with Gasteiger partial charge in [-0.3, -0.25) is 0 Å². The Morgan fingerprint density at radius 3 is 2.11 bits per heavy atom. The van der Waals surface area contributed by atoms with Crippen LogP contribution in [-0.2, 0) is 30.2 Å². The van der Waals surface area contributed by atoms with Crippen molar-refractivity contribution in [3.8, 4) is 0 Å². The number of halogens is 2. The third-order valence-electron chi connectivity index (χ3n) is 4.20. The fourth-order valence-corrected chi connectivity index (χ4v) is 3.50. The molecule has 1 aromatic carbocycles. The number of aromatic nitrogens is 2. The van der Waals surface area contributed by atoms with Gasteiger partial charge >= 0.3 is 17.1 Å². The molecule has 5 heteroatoms. The van der Waals surface area contributed by atoms with Gasteiger partial charge in [-0.15, -0.1) is 0 Å². The molecule has 2 aliphatic carbocycles. The van der Waals surface area contributed by atoms with Crippen molar-refractivity contribution in [1.82, 2.24) is 4.57 Å². The zero-order valence-corrected chi connectivity index (χ0v) is 20.5. The maximum absolute atomic E-state index is 2.45. The Bertz CT molecular complexity index is 627. The number of fused-ring (bicyclic) bond motifs is 1. The molecule has 1 heterocycles. The molecular weight excluding hydrogens is 602 g/mol. The van der Waals surface area contributed by atoms with E-state index in [0.717, 1.165) is 13.1 Å². The van der Waals surface area contributed by atoms with E-state index in [1.807, 2.05) is 32.1 Å². The summed E-state index contributed by atoms with van der Waals surface area (Å²) in [6.07, 6.45) is 23.4. The number of hydrogen-bond donors (Lipinski definition) is 0. The monoisotopic (exact) mass is 626 g/mol. The largest absolute Gasteiger partial charge is 2.00 e. The van der Waals surface area contributed by atoms with Crippen molar-refractivity contribution < 1.29 is 45.6 Å². The Morgan fingerprint density at radius 1 is 0.852 bits per heavy atom. The van der Waals surface area contributed by atoms with Crippen molar-refractivity contribution in [3.63, 3.8) is 0 Å². The molecule has 10 radical (unpaired) electrons. The number of para-hydroxylation sites is 2. The molecule has 142 valence electrons. The topological polar surface area (TPSA) is 8.81 Å². The second-order valence-corrected chi connectivity index (χ2v) is 7.16. The molecule has 2 aliphatic rings. The quantitative estimate of drug-likeness (QED) is 0.152. The molecular formula is C22H24FeI2N2+2. The van der Waals surface area contributed by atoms with Gasteiger partial charge in [0.2, 0.25) is 6.33 Å². The first-order chi connectivity index (χ1) is 12.4. The van der Waals surface area contributed by atoms with Crippen molar-refractivity contribution in [1.29, 1.82) is 0 Å². The summed E-state index contributed by atoms with van der Waals surface area (Å²) in [6, 6.07) is 8.69. The van der Waals surface area contributed by atoms with E-state index in [-0.39, 0.29) is 41.0 Å². The van der Waals surface area contributed by atoms with Crippen LogP contribution >= 0.6 is 22.6 Å². The summed E-state index contributed by atoms with van der Waals surface area (Å²) in [6.45, 7) is 2.06. The second kappa shape index (κ2) is 14.6. The molecule has 0 atom stereocenters. The molecule has 0 N–H and O–H groups in total. The Labute approximate surface area is 206 Å². The normalized spacial score (nSPS) is 16.5. The van der Waals surface area contributed by atoms with Crippen LogP contribution in [0.15, 0.2) is 30.6 Å². The van der Waals surface area contributed by atoms with E-state index in [9.17, 15) is 0 Å². The summed E-state index contributed by atoms with van der Waals surface area (Å²) in [5.74, 6) is 1.37. The molecule has 0 bridgehead atoms. The zero-order valence-electron chi connectivity index (χ0n) is 15.1. The number of hydrogen-bond acceptors (Lipinski definition) is 0. The predicted octanol–water partition coefficient (Wildman–Crippen LogP) is 1.57. The van der Waals surface area contributed by atoms with Crippen molar-refractivity contribution in [3.05, 3.63) is 94.3 Å². The van der Waals surface area contributed by atoms with Gasteiger partial charge in [-0.05, 0) is 87.2 Å². The second-order valence-electron chi connectivity index (χ2n) is 6.08. The minimum absolute atomic E-state index is 0. The van der Waals surface area contributed by atoms with E-state index in [1.54, 1.807) is 0 Å². The van der Waals surface area contributed by atoms with Gasteiger partial charge in [-0.2, -0.15) is 0 Å². The molecule has 1 aromatic heterocycles. The van der Waals surface area contributed by atoms with Crippen LogP contribution in [0.2, 0.25) is 0 Å². The average molecular weight is 626 g/mol. The fraction of sp³-hybridized carbons (Fsp3) is 0.227. The molecule has 0 saturated heterocycles. The molecule has 0 aliphatic heterocycles. The number of rotatable bonds is 6. The van der Waals surface area contributed by atoms with Crippen LogP contribution < -0.4 is 28.5 Å². The van der Waals surface area contributed by atoms with E-state index in [2.05, 4.69) is 88.0 Å². The van der Waals surface area contributed by atoms with E-state index >= 15 is 0 Å². The molecule has 27 heavy (non-hydrogen) atoms. The number of aryl methyl sites for hydroxylation is 1. The zero-order chi connectivity index (χ0) is 17.3. The average Bonchev–Trinajstić information content (AvgIpc) is 3.40. The molecule has 2 saturated carbocycles. The third kappa shape index (κ3) is 8.13. The summed E-state index contributed by atoms with van der Waals surface area (Å²) in [5.41, 5.74) is 2.66. The van der Waals surface area contributed by atoms with Crippen LogP contribution in [0.5, 0.6) is 0 Å². The first-order valence-electron chi connectivity index (χ1n) is 8.79. The molecule has 0 spiro atoms. The third-order valence-corrected chi connectivity index (χ3v) is 4.96. The standard InChI is InChI=1S/C17H19IN2.C5H5.Fe.HI/c18-11-5-6-12-19-14-20(13-15-7-1-2-8-15)17-10-4-3-9-16(17)19;1-2-4-5-3-1;;/h1-4,7-10,14H,5-6,11-13H2;1-5H;;1H/q+1;;+2;/p-1. The van der Waals surface area contributed by atoms with Crippen LogP contribution in [-0.4, -0.2) is 8.99 Å². The predicted molar refractivity (Wildman–Crippen MR) is 112 cm³/mol. The number of imidazole rings is 1. The van der Waals surface area contributed by atoms with E-state index in [0.29, 0.717) is 0 Å². The van der Waals surface area contributed by atoms with Crippen LogP contribution in [0.4, 0.5) is 0 Å². The number of alkyl halides is 1. The van der Waals surface area contributed by atoms with Gasteiger partial charge in [-0.25, -0.2) is 9.13 Å². The summed E-state index contributed by atoms with van der Waals surface area (Å²) >= 11 is 2.45. The summed E-state index contributed by atoms with van der Waals surface area (Å²) in [7, 11) is 0. The Hall–Kier alpha value is 0.669. The maximum atomic E-state index is 2.45. The Kier molecular flexibility index (Phi) is 13.9. The molecule has 2 fully saturated rings. The number of unbranched alkanes of at least 4 members (excludes halogenated alkanes) is 1. The minimum Gasteiger partial charge on any atom is -1.00 e. The van der Waals surface area contributed by atoms with Crippen LogP contribution in [0.3, 0.4) is 0 Å². The minimum atomic E-state index is 0. The van der Waals surface area contributed by atoms with Crippen LogP contribution in [0.1, 0.15) is 12.8 Å². The van der Waals surface area contributed by atoms with Gasteiger partial charge in [0.15, 0.2) is 11.0 Å². The van der Waals surface area contributed by atoms with Crippen LogP contribution in [0, 0.1) is 63.7 Å². The van der Waals surface area contributed by atoms with Gasteiger partial charge in [0.1, 0.15) is 0 Å². The van der Waals surface area contributed by atoms with Crippen molar-refractivity contribution >= 4 is 33.6 Å². The SMILES string of the molecule is ICCCCn1c[n+](C[C]2[CH][CH][CH][CH]2)c2ccccc21.[CH]1[CH][CH][CH][CH]1.[Fe+2].[I-]. The van der Waals surface area contributed by atoms with Crippen molar-refractivity contribution in [2.75, 3.05) is 4.43 Å². The Balaban J connectivity index is 0.000000455. The first-order valence-corrected chi connectivity index (χ1v) is 10.3. The molecule has 0 amide bonds. The summed E-state index contributed by atoms with van der Waals surface area (Å²) < 4.78 is 5.99. The van der Waals surface area contributed by atoms with Gasteiger partial charge in [0.25, 0.3) is 0 Å². The fourth-order valence-electron chi connectivity index (χ4n) is 2.96. The van der Waals surface area contributed by atoms with Gasteiger partial charge in [-0.1, -0.05) is 34.7 Å². The molecule has 2 aromatic rings. The molecule has 2 nitrogen and oxygen atoms in total. The number of nitrogens with zero attached hydrogens (tertiary/aromatic N) is 2. The summed E-state index contributed by atoms with van der Waals surface area (Å²) in [4.78, 5) is 0. The smallest absolute Gasteiger partial charge is 1.00 e.